The molecule has 1 unspecified atom stereocenters. The number of hydrogen-bond acceptors (Lipinski definition) is 5. The van der Waals surface area contributed by atoms with E-state index in [2.05, 4.69) is 22.2 Å². The Morgan fingerprint density at radius 2 is 2.14 bits per heavy atom. The predicted octanol–water partition coefficient (Wildman–Crippen LogP) is 2.89. The number of aliphatic imine (C=N–C) groups is 1. The molecule has 2 aliphatic rings. The monoisotopic (exact) mass is 444 g/mol. The number of nitrogens with zero attached hydrogens (tertiary/aromatic N) is 2. The Balaban J connectivity index is 2.13. The van der Waals surface area contributed by atoms with Crippen LogP contribution in [-0.4, -0.2) is 44.2 Å². The van der Waals surface area contributed by atoms with Crippen molar-refractivity contribution in [3.8, 4) is 11.8 Å². The van der Waals surface area contributed by atoms with Gasteiger partial charge in [0.05, 0.1) is 29.3 Å². The molecule has 11 heteroatoms. The average Bonchev–Trinajstić information content (AvgIpc) is 3.07. The van der Waals surface area contributed by atoms with E-state index >= 15 is 0 Å². The highest BCUT2D eigenvalue weighted by Gasteiger charge is 2.48. The van der Waals surface area contributed by atoms with Crippen LogP contribution in [0.2, 0.25) is 0 Å². The summed E-state index contributed by atoms with van der Waals surface area (Å²) in [6, 6.07) is 1.01. The molecule has 0 saturated carbocycles. The molecule has 1 saturated heterocycles. The number of hydrogen-bond donors (Lipinski definition) is 2. The molecule has 2 N–H and O–H groups in total. The average molecular weight is 445 g/mol. The molecule has 29 heavy (non-hydrogen) atoms. The Bertz CT molecular complexity index is 1080. The normalized spacial score (nSPS) is 26.4. The maximum atomic E-state index is 13.8. The molecule has 1 aromatic rings. The first-order chi connectivity index (χ1) is 13.4. The van der Waals surface area contributed by atoms with Gasteiger partial charge in [-0.05, 0) is 19.9 Å². The number of guanidine groups is 1. The van der Waals surface area contributed by atoms with Crippen LogP contribution in [0, 0.1) is 23.2 Å². The molecule has 0 aromatic carbocycles. The predicted molar refractivity (Wildman–Crippen MR) is 107 cm³/mol. The third-order valence-electron chi connectivity index (χ3n) is 4.66. The standard InChI is InChI=1S/C18H19F3N4O2S2/c1-4-5-11-6-12(9-23-8-11)14-7-13(18(19,20)21)15(28-14)17(2)10-29(26,27)25(3)16(22)24-17/h6-7,9,11H,8,10H2,1-3H3,(H2,22,24)/t11?,17-/m0/s1. The third-order valence-corrected chi connectivity index (χ3v) is 8.07. The Morgan fingerprint density at radius 1 is 1.45 bits per heavy atom. The van der Waals surface area contributed by atoms with Crippen molar-refractivity contribution in [3.05, 3.63) is 27.5 Å². The van der Waals surface area contributed by atoms with Gasteiger partial charge in [0.1, 0.15) is 0 Å². The van der Waals surface area contributed by atoms with Crippen LogP contribution in [0.4, 0.5) is 13.2 Å². The molecular formula is C18H19F3N4O2S2. The van der Waals surface area contributed by atoms with Crippen LogP contribution >= 0.6 is 11.3 Å². The van der Waals surface area contributed by atoms with Gasteiger partial charge in [0.2, 0.25) is 16.0 Å². The second kappa shape index (κ2) is 7.18. The van der Waals surface area contributed by atoms with Crippen molar-refractivity contribution in [1.82, 2.24) is 9.62 Å². The fourth-order valence-corrected chi connectivity index (χ4v) is 6.07. The minimum absolute atomic E-state index is 0.181. The number of sulfonamides is 1. The van der Waals surface area contributed by atoms with Crippen LogP contribution in [-0.2, 0) is 21.7 Å². The Kier molecular flexibility index (Phi) is 5.29. The Labute approximate surface area is 171 Å². The Morgan fingerprint density at radius 3 is 2.72 bits per heavy atom. The van der Waals surface area contributed by atoms with Crippen LogP contribution in [0.5, 0.6) is 0 Å². The van der Waals surface area contributed by atoms with Gasteiger partial charge in [-0.1, -0.05) is 12.0 Å². The van der Waals surface area contributed by atoms with Crippen molar-refractivity contribution in [2.75, 3.05) is 19.3 Å². The van der Waals surface area contributed by atoms with Crippen LogP contribution < -0.4 is 5.32 Å². The molecule has 3 rings (SSSR count). The van der Waals surface area contributed by atoms with Gasteiger partial charge in [0, 0.05) is 28.6 Å². The quantitative estimate of drug-likeness (QED) is 0.688. The molecule has 6 nitrogen and oxygen atoms in total. The molecule has 1 aromatic heterocycles. The van der Waals surface area contributed by atoms with E-state index in [1.165, 1.54) is 20.2 Å². The zero-order chi connectivity index (χ0) is 21.6. The topological polar surface area (TPSA) is 85.6 Å². The maximum Gasteiger partial charge on any atom is 0.417 e. The number of halogens is 3. The number of thiophene rings is 1. The van der Waals surface area contributed by atoms with Crippen molar-refractivity contribution in [3.63, 3.8) is 0 Å². The summed E-state index contributed by atoms with van der Waals surface area (Å²) in [5.74, 6) is 4.46. The largest absolute Gasteiger partial charge is 0.417 e. The molecule has 3 heterocycles. The number of rotatable bonds is 2. The third kappa shape index (κ3) is 4.04. The Hall–Kier alpha value is -2.32. The van der Waals surface area contributed by atoms with Crippen LogP contribution in [0.25, 0.3) is 5.57 Å². The second-order valence-corrected chi connectivity index (χ2v) is 10.1. The summed E-state index contributed by atoms with van der Waals surface area (Å²) < 4.78 is 66.9. The number of dihydropyridines is 1. The molecule has 0 radical (unpaired) electrons. The van der Waals surface area contributed by atoms with E-state index in [9.17, 15) is 21.6 Å². The molecule has 2 aliphatic heterocycles. The van der Waals surface area contributed by atoms with Crippen LogP contribution in [0.15, 0.2) is 17.1 Å². The summed E-state index contributed by atoms with van der Waals surface area (Å²) in [7, 11) is -2.75. The maximum absolute atomic E-state index is 13.8. The fourth-order valence-electron chi connectivity index (χ4n) is 3.25. The van der Waals surface area contributed by atoms with Gasteiger partial charge in [-0.25, -0.2) is 12.7 Å². The van der Waals surface area contributed by atoms with Crippen molar-refractivity contribution < 1.29 is 21.6 Å². The summed E-state index contributed by atoms with van der Waals surface area (Å²) in [5.41, 5.74) is -2.00. The van der Waals surface area contributed by atoms with Gasteiger partial charge in [-0.15, -0.1) is 17.3 Å². The molecule has 0 bridgehead atoms. The highest BCUT2D eigenvalue weighted by molar-refractivity contribution is 7.89. The molecule has 0 aliphatic carbocycles. The van der Waals surface area contributed by atoms with E-state index in [4.69, 9.17) is 5.41 Å². The number of alkyl halides is 3. The van der Waals surface area contributed by atoms with Gasteiger partial charge in [0.25, 0.3) is 0 Å². The van der Waals surface area contributed by atoms with E-state index in [0.29, 0.717) is 17.0 Å². The smallest absolute Gasteiger partial charge is 0.344 e. The lowest BCUT2D eigenvalue weighted by atomic mass is 9.97. The summed E-state index contributed by atoms with van der Waals surface area (Å²) in [5, 5.41) is 10.5. The van der Waals surface area contributed by atoms with Gasteiger partial charge in [0.15, 0.2) is 0 Å². The van der Waals surface area contributed by atoms with Gasteiger partial charge in [-0.2, -0.15) is 13.2 Å². The number of nitrogens with one attached hydrogen (secondary N) is 2. The molecule has 1 fully saturated rings. The van der Waals surface area contributed by atoms with Crippen molar-refractivity contribution in [2.45, 2.75) is 25.6 Å². The summed E-state index contributed by atoms with van der Waals surface area (Å²) in [6.07, 6.45) is -1.41. The van der Waals surface area contributed by atoms with Gasteiger partial charge < -0.3 is 5.32 Å². The van der Waals surface area contributed by atoms with E-state index in [0.717, 1.165) is 21.7 Å². The van der Waals surface area contributed by atoms with E-state index in [1.807, 2.05) is 0 Å². The minimum atomic E-state index is -4.68. The van der Waals surface area contributed by atoms with Crippen molar-refractivity contribution >= 4 is 39.1 Å². The fraction of sp³-hybridized carbons (Fsp3) is 0.444. The molecule has 0 spiro atoms. The first kappa shape index (κ1) is 21.4. The first-order valence-electron chi connectivity index (χ1n) is 8.56. The molecule has 156 valence electrons. The number of allylic oxidation sites excluding steroid dienone is 1. The SMILES string of the molecule is CC#CC1C=C(c2cc(C(F)(F)F)c([C@]3(C)CS(=O)(=O)N(C)C(=N)N3)s2)C=NC1. The van der Waals surface area contributed by atoms with E-state index < -0.39 is 39.0 Å². The summed E-state index contributed by atoms with van der Waals surface area (Å²) in [6.45, 7) is 3.49. The lowest BCUT2D eigenvalue weighted by molar-refractivity contribution is -0.138. The lowest BCUT2D eigenvalue weighted by Crippen LogP contribution is -2.60. The van der Waals surface area contributed by atoms with Crippen LogP contribution in [0.1, 0.15) is 29.2 Å². The lowest BCUT2D eigenvalue weighted by Gasteiger charge is -2.40. The first-order valence-corrected chi connectivity index (χ1v) is 11.0. The molecule has 0 amide bonds. The minimum Gasteiger partial charge on any atom is -0.344 e. The van der Waals surface area contributed by atoms with Crippen molar-refractivity contribution in [2.24, 2.45) is 10.9 Å². The summed E-state index contributed by atoms with van der Waals surface area (Å²) >= 11 is 0.853. The summed E-state index contributed by atoms with van der Waals surface area (Å²) in [4.78, 5) is 4.33. The highest BCUT2D eigenvalue weighted by atomic mass is 32.2. The zero-order valence-corrected chi connectivity index (χ0v) is 17.5. The van der Waals surface area contributed by atoms with E-state index in [1.54, 1.807) is 13.0 Å². The zero-order valence-electron chi connectivity index (χ0n) is 15.9. The second-order valence-electron chi connectivity index (χ2n) is 7.00. The van der Waals surface area contributed by atoms with Gasteiger partial charge in [-0.3, -0.25) is 10.4 Å². The molecular weight excluding hydrogens is 425 g/mol. The van der Waals surface area contributed by atoms with E-state index in [-0.39, 0.29) is 10.8 Å². The molecule has 2 atom stereocenters. The highest BCUT2D eigenvalue weighted by Crippen LogP contribution is 2.45. The van der Waals surface area contributed by atoms with Gasteiger partial charge >= 0.3 is 6.18 Å². The van der Waals surface area contributed by atoms with Crippen LogP contribution in [0.3, 0.4) is 0 Å². The van der Waals surface area contributed by atoms with Crippen molar-refractivity contribution in [1.29, 1.82) is 5.41 Å².